The minimum absolute atomic E-state index is 0.104. The van der Waals surface area contributed by atoms with Crippen LogP contribution in [-0.2, 0) is 6.54 Å². The molecule has 3 rings (SSSR count). The molecule has 2 N–H and O–H groups in total. The minimum Gasteiger partial charge on any atom is -0.460 e. The lowest BCUT2D eigenvalue weighted by atomic mass is 10.1. The van der Waals surface area contributed by atoms with Crippen molar-refractivity contribution in [2.24, 2.45) is 0 Å². The normalized spacial score (nSPS) is 17.4. The highest BCUT2D eigenvalue weighted by Crippen LogP contribution is 2.20. The fourth-order valence-electron chi connectivity index (χ4n) is 2.94. The van der Waals surface area contributed by atoms with Gasteiger partial charge in [-0.15, -0.1) is 0 Å². The van der Waals surface area contributed by atoms with Crippen molar-refractivity contribution in [3.05, 3.63) is 35.8 Å². The molecule has 120 valence electrons. The van der Waals surface area contributed by atoms with Gasteiger partial charge in [-0.3, -0.25) is 0 Å². The molecule has 5 heteroatoms. The Morgan fingerprint density at radius 2 is 2.09 bits per heavy atom. The zero-order chi connectivity index (χ0) is 15.4. The zero-order valence-corrected chi connectivity index (χ0v) is 12.7. The summed E-state index contributed by atoms with van der Waals surface area (Å²) in [5, 5.41) is 13.6. The van der Waals surface area contributed by atoms with Gasteiger partial charge in [0, 0.05) is 18.5 Å². The fourth-order valence-corrected chi connectivity index (χ4v) is 2.94. The number of aliphatic hydroxyl groups excluding tert-OH is 1. The number of nitrogens with zero attached hydrogens (tertiary/aromatic N) is 1. The highest BCUT2D eigenvalue weighted by Gasteiger charge is 2.15. The van der Waals surface area contributed by atoms with E-state index in [9.17, 15) is 9.50 Å². The Bertz CT molecular complexity index is 606. The molecule has 1 aliphatic heterocycles. The molecular formula is C17H23FN2O2. The summed E-state index contributed by atoms with van der Waals surface area (Å²) in [5.74, 6) is 0.598. The third-order valence-corrected chi connectivity index (χ3v) is 4.21. The van der Waals surface area contributed by atoms with E-state index in [1.807, 2.05) is 6.07 Å². The van der Waals surface area contributed by atoms with Crippen LogP contribution in [0.1, 0.15) is 25.0 Å². The van der Waals surface area contributed by atoms with Crippen LogP contribution in [0.3, 0.4) is 0 Å². The maximum atomic E-state index is 13.1. The first-order valence-electron chi connectivity index (χ1n) is 8.00. The number of fused-ring (bicyclic) bond motifs is 1. The molecule has 0 aliphatic carbocycles. The molecule has 0 radical (unpaired) electrons. The number of hydrogen-bond acceptors (Lipinski definition) is 4. The maximum absolute atomic E-state index is 13.1. The number of piperidine rings is 1. The van der Waals surface area contributed by atoms with Gasteiger partial charge in [0.15, 0.2) is 0 Å². The third-order valence-electron chi connectivity index (χ3n) is 4.21. The average Bonchev–Trinajstić information content (AvgIpc) is 2.90. The summed E-state index contributed by atoms with van der Waals surface area (Å²) in [6, 6.07) is 6.46. The lowest BCUT2D eigenvalue weighted by molar-refractivity contribution is 0.0821. The van der Waals surface area contributed by atoms with E-state index in [-0.39, 0.29) is 11.9 Å². The van der Waals surface area contributed by atoms with Crippen molar-refractivity contribution in [2.45, 2.75) is 31.9 Å². The number of rotatable bonds is 6. The van der Waals surface area contributed by atoms with Crippen molar-refractivity contribution < 1.29 is 13.9 Å². The predicted octanol–water partition coefficient (Wildman–Crippen LogP) is 2.51. The number of furan rings is 1. The standard InChI is InChI=1S/C17H23FN2O2/c18-14-2-3-17-13(10-14)11-16(22-17)12-19-6-1-7-20-8-4-15(21)5-9-20/h2-3,10-11,15,19,21H,1,4-9,12H2. The Labute approximate surface area is 129 Å². The molecule has 2 heterocycles. The van der Waals surface area contributed by atoms with Gasteiger partial charge < -0.3 is 19.7 Å². The number of aliphatic hydroxyl groups is 1. The van der Waals surface area contributed by atoms with E-state index in [0.29, 0.717) is 6.54 Å². The van der Waals surface area contributed by atoms with Crippen LogP contribution >= 0.6 is 0 Å². The molecular weight excluding hydrogens is 283 g/mol. The van der Waals surface area contributed by atoms with Crippen molar-refractivity contribution in [1.29, 1.82) is 0 Å². The number of likely N-dealkylation sites (tertiary alicyclic amines) is 1. The van der Waals surface area contributed by atoms with Gasteiger partial charge in [-0.1, -0.05) is 0 Å². The molecule has 1 fully saturated rings. The van der Waals surface area contributed by atoms with Crippen molar-refractivity contribution >= 4 is 11.0 Å². The number of nitrogens with one attached hydrogen (secondary N) is 1. The molecule has 0 saturated carbocycles. The van der Waals surface area contributed by atoms with Crippen LogP contribution < -0.4 is 5.32 Å². The Morgan fingerprint density at radius 1 is 1.27 bits per heavy atom. The lowest BCUT2D eigenvalue weighted by Crippen LogP contribution is -2.37. The second-order valence-corrected chi connectivity index (χ2v) is 6.00. The topological polar surface area (TPSA) is 48.6 Å². The van der Waals surface area contributed by atoms with Crippen LogP contribution in [0, 0.1) is 5.82 Å². The Kier molecular flexibility index (Phi) is 5.08. The summed E-state index contributed by atoms with van der Waals surface area (Å²) in [7, 11) is 0. The molecule has 0 atom stereocenters. The van der Waals surface area contributed by atoms with Gasteiger partial charge in [0.05, 0.1) is 12.6 Å². The lowest BCUT2D eigenvalue weighted by Gasteiger charge is -2.29. The average molecular weight is 306 g/mol. The Hall–Kier alpha value is -1.43. The highest BCUT2D eigenvalue weighted by atomic mass is 19.1. The monoisotopic (exact) mass is 306 g/mol. The first-order chi connectivity index (χ1) is 10.7. The smallest absolute Gasteiger partial charge is 0.134 e. The van der Waals surface area contributed by atoms with Gasteiger partial charge in [0.1, 0.15) is 17.2 Å². The van der Waals surface area contributed by atoms with E-state index in [1.165, 1.54) is 12.1 Å². The van der Waals surface area contributed by atoms with Crippen molar-refractivity contribution in [3.8, 4) is 0 Å². The van der Waals surface area contributed by atoms with E-state index >= 15 is 0 Å². The molecule has 4 nitrogen and oxygen atoms in total. The van der Waals surface area contributed by atoms with Crippen molar-refractivity contribution in [2.75, 3.05) is 26.2 Å². The Balaban J connectivity index is 1.37. The summed E-state index contributed by atoms with van der Waals surface area (Å²) in [5.41, 5.74) is 0.727. The molecule has 0 amide bonds. The number of hydrogen-bond donors (Lipinski definition) is 2. The number of benzene rings is 1. The quantitative estimate of drug-likeness (QED) is 0.805. The molecule has 1 saturated heterocycles. The van der Waals surface area contributed by atoms with Gasteiger partial charge in [0.2, 0.25) is 0 Å². The molecule has 0 spiro atoms. The van der Waals surface area contributed by atoms with Crippen LogP contribution in [0.25, 0.3) is 11.0 Å². The molecule has 1 aliphatic rings. The van der Waals surface area contributed by atoms with Crippen LogP contribution in [-0.4, -0.2) is 42.3 Å². The second kappa shape index (κ2) is 7.22. The summed E-state index contributed by atoms with van der Waals surface area (Å²) >= 11 is 0. The largest absolute Gasteiger partial charge is 0.460 e. The van der Waals surface area contributed by atoms with Crippen molar-refractivity contribution in [3.63, 3.8) is 0 Å². The second-order valence-electron chi connectivity index (χ2n) is 6.00. The highest BCUT2D eigenvalue weighted by molar-refractivity contribution is 5.77. The van der Waals surface area contributed by atoms with Crippen LogP contribution in [0.5, 0.6) is 0 Å². The summed E-state index contributed by atoms with van der Waals surface area (Å²) < 4.78 is 18.8. The summed E-state index contributed by atoms with van der Waals surface area (Å²) in [6.45, 7) is 4.64. The predicted molar refractivity (Wildman–Crippen MR) is 84.2 cm³/mol. The van der Waals surface area contributed by atoms with Gasteiger partial charge >= 0.3 is 0 Å². The molecule has 2 aromatic rings. The van der Waals surface area contributed by atoms with Crippen LogP contribution in [0.2, 0.25) is 0 Å². The minimum atomic E-state index is -0.237. The Morgan fingerprint density at radius 3 is 2.91 bits per heavy atom. The molecule has 22 heavy (non-hydrogen) atoms. The molecule has 1 aromatic carbocycles. The summed E-state index contributed by atoms with van der Waals surface area (Å²) in [6.07, 6.45) is 2.75. The number of halogens is 1. The molecule has 0 bridgehead atoms. The first-order valence-corrected chi connectivity index (χ1v) is 8.00. The van der Waals surface area contributed by atoms with E-state index < -0.39 is 0 Å². The SMILES string of the molecule is OC1CCN(CCCNCc2cc3cc(F)ccc3o2)CC1. The molecule has 1 aromatic heterocycles. The maximum Gasteiger partial charge on any atom is 0.134 e. The van der Waals surface area contributed by atoms with E-state index in [4.69, 9.17) is 4.42 Å². The fraction of sp³-hybridized carbons (Fsp3) is 0.529. The summed E-state index contributed by atoms with van der Waals surface area (Å²) in [4.78, 5) is 2.40. The van der Waals surface area contributed by atoms with Gasteiger partial charge in [-0.2, -0.15) is 0 Å². The van der Waals surface area contributed by atoms with Gasteiger partial charge in [-0.25, -0.2) is 4.39 Å². The van der Waals surface area contributed by atoms with Crippen LogP contribution in [0.4, 0.5) is 4.39 Å². The van der Waals surface area contributed by atoms with Crippen molar-refractivity contribution in [1.82, 2.24) is 10.2 Å². The van der Waals surface area contributed by atoms with E-state index in [1.54, 1.807) is 6.07 Å². The van der Waals surface area contributed by atoms with Crippen LogP contribution in [0.15, 0.2) is 28.7 Å². The van der Waals surface area contributed by atoms with E-state index in [0.717, 1.165) is 62.2 Å². The van der Waals surface area contributed by atoms with Gasteiger partial charge in [0.25, 0.3) is 0 Å². The van der Waals surface area contributed by atoms with E-state index in [2.05, 4.69) is 10.2 Å². The third kappa shape index (κ3) is 4.06. The first kappa shape index (κ1) is 15.5. The van der Waals surface area contributed by atoms with Gasteiger partial charge in [-0.05, 0) is 56.6 Å². The molecule has 0 unspecified atom stereocenters. The zero-order valence-electron chi connectivity index (χ0n) is 12.7.